The standard InChI is InChI=1S/C22H24N2O5S2/c1-3-29-18-7-5-17(6-8-18)24(11-16-10-15(12-25)4-9-20(16)28-2)22-23-19-13-31(26,27)14-21(19)30-22/h4-10,12,19,21H,3,11,13-14H2,1-2H3/t19-,21+/m0/s1. The van der Waals surface area contributed by atoms with Crippen LogP contribution in [0.5, 0.6) is 11.5 Å². The number of rotatable bonds is 7. The maximum Gasteiger partial charge on any atom is 0.164 e. The van der Waals surface area contributed by atoms with E-state index in [9.17, 15) is 13.2 Å². The highest BCUT2D eigenvalue weighted by Crippen LogP contribution is 2.38. The van der Waals surface area contributed by atoms with Gasteiger partial charge in [0.15, 0.2) is 15.0 Å². The molecule has 2 atom stereocenters. The monoisotopic (exact) mass is 460 g/mol. The van der Waals surface area contributed by atoms with Gasteiger partial charge in [-0.1, -0.05) is 11.8 Å². The van der Waals surface area contributed by atoms with Crippen LogP contribution < -0.4 is 14.4 Å². The molecule has 2 aromatic rings. The molecule has 0 aromatic heterocycles. The first kappa shape index (κ1) is 21.7. The van der Waals surface area contributed by atoms with Crippen LogP contribution in [-0.2, 0) is 16.4 Å². The molecule has 9 heteroatoms. The number of sulfone groups is 1. The molecule has 0 bridgehead atoms. The Morgan fingerprint density at radius 2 is 1.97 bits per heavy atom. The summed E-state index contributed by atoms with van der Waals surface area (Å²) in [5, 5.41) is 0.709. The Hall–Kier alpha value is -2.52. The second-order valence-electron chi connectivity index (χ2n) is 7.41. The van der Waals surface area contributed by atoms with Gasteiger partial charge in [-0.3, -0.25) is 9.79 Å². The molecule has 0 aliphatic carbocycles. The number of amidine groups is 1. The summed E-state index contributed by atoms with van der Waals surface area (Å²) in [6.07, 6.45) is 0.807. The highest BCUT2D eigenvalue weighted by molar-refractivity contribution is 8.15. The van der Waals surface area contributed by atoms with Gasteiger partial charge < -0.3 is 14.4 Å². The molecule has 31 heavy (non-hydrogen) atoms. The van der Waals surface area contributed by atoms with Gasteiger partial charge in [0.2, 0.25) is 0 Å². The van der Waals surface area contributed by atoms with Gasteiger partial charge in [-0.15, -0.1) is 0 Å². The predicted octanol–water partition coefficient (Wildman–Crippen LogP) is 3.18. The molecule has 0 spiro atoms. The van der Waals surface area contributed by atoms with Crippen LogP contribution in [0.4, 0.5) is 5.69 Å². The number of fused-ring (bicyclic) bond motifs is 1. The van der Waals surface area contributed by atoms with E-state index in [-0.39, 0.29) is 22.8 Å². The molecule has 2 heterocycles. The van der Waals surface area contributed by atoms with Crippen molar-refractivity contribution in [3.05, 3.63) is 53.6 Å². The number of anilines is 1. The zero-order valence-corrected chi connectivity index (χ0v) is 19.0. The third-order valence-corrected chi connectivity index (χ3v) is 8.51. The lowest BCUT2D eigenvalue weighted by Crippen LogP contribution is -2.28. The fraction of sp³-hybridized carbons (Fsp3) is 0.364. The number of methoxy groups -OCH3 is 1. The van der Waals surface area contributed by atoms with Crippen molar-refractivity contribution < 1.29 is 22.7 Å². The third-order valence-electron chi connectivity index (χ3n) is 5.26. The molecule has 7 nitrogen and oxygen atoms in total. The molecule has 2 aliphatic heterocycles. The predicted molar refractivity (Wildman–Crippen MR) is 123 cm³/mol. The largest absolute Gasteiger partial charge is 0.496 e. The van der Waals surface area contributed by atoms with Crippen LogP contribution in [0.15, 0.2) is 47.5 Å². The molecule has 2 aromatic carbocycles. The van der Waals surface area contributed by atoms with Gasteiger partial charge in [-0.05, 0) is 49.4 Å². The minimum Gasteiger partial charge on any atom is -0.496 e. The number of hydrogen-bond donors (Lipinski definition) is 0. The first-order valence-corrected chi connectivity index (χ1v) is 12.7. The molecule has 0 unspecified atom stereocenters. The maximum absolute atomic E-state index is 12.0. The SMILES string of the molecule is CCOc1ccc(N(Cc2cc(C=O)ccc2OC)C2=N[C@H]3CS(=O)(=O)C[C@H]3S2)cc1. The van der Waals surface area contributed by atoms with Crippen molar-refractivity contribution in [3.8, 4) is 11.5 Å². The van der Waals surface area contributed by atoms with Crippen LogP contribution in [0.2, 0.25) is 0 Å². The maximum atomic E-state index is 12.0. The Kier molecular flexibility index (Phi) is 6.24. The number of aldehydes is 1. The Balaban J connectivity index is 1.69. The van der Waals surface area contributed by atoms with Gasteiger partial charge in [0.05, 0.1) is 37.8 Å². The first-order valence-electron chi connectivity index (χ1n) is 10.00. The molecular weight excluding hydrogens is 436 g/mol. The molecule has 0 amide bonds. The molecule has 0 radical (unpaired) electrons. The van der Waals surface area contributed by atoms with Gasteiger partial charge >= 0.3 is 0 Å². The molecule has 164 valence electrons. The Bertz CT molecular complexity index is 1100. The van der Waals surface area contributed by atoms with E-state index in [0.717, 1.165) is 28.5 Å². The zero-order valence-electron chi connectivity index (χ0n) is 17.4. The van der Waals surface area contributed by atoms with Crippen molar-refractivity contribution in [1.29, 1.82) is 0 Å². The number of nitrogens with zero attached hydrogens (tertiary/aromatic N) is 2. The van der Waals surface area contributed by atoms with Crippen LogP contribution in [0.1, 0.15) is 22.8 Å². The Morgan fingerprint density at radius 3 is 2.61 bits per heavy atom. The molecular formula is C22H24N2O5S2. The van der Waals surface area contributed by atoms with Crippen molar-refractivity contribution >= 4 is 38.7 Å². The van der Waals surface area contributed by atoms with E-state index in [2.05, 4.69) is 0 Å². The summed E-state index contributed by atoms with van der Waals surface area (Å²) in [5.74, 6) is 1.69. The summed E-state index contributed by atoms with van der Waals surface area (Å²) < 4.78 is 35.0. The van der Waals surface area contributed by atoms with Crippen LogP contribution in [0.25, 0.3) is 0 Å². The molecule has 1 saturated heterocycles. The molecule has 0 N–H and O–H groups in total. The van der Waals surface area contributed by atoms with E-state index < -0.39 is 9.84 Å². The van der Waals surface area contributed by atoms with E-state index in [1.807, 2.05) is 36.1 Å². The quantitative estimate of drug-likeness (QED) is 0.587. The van der Waals surface area contributed by atoms with E-state index in [4.69, 9.17) is 14.5 Å². The summed E-state index contributed by atoms with van der Waals surface area (Å²) in [6, 6.07) is 12.8. The Labute approximate surface area is 186 Å². The van der Waals surface area contributed by atoms with Crippen LogP contribution >= 0.6 is 11.8 Å². The number of aliphatic imine (C=N–C) groups is 1. The van der Waals surface area contributed by atoms with E-state index in [1.54, 1.807) is 25.3 Å². The second kappa shape index (κ2) is 8.92. The number of thioether (sulfide) groups is 1. The average molecular weight is 461 g/mol. The lowest BCUT2D eigenvalue weighted by molar-refractivity contribution is 0.112. The van der Waals surface area contributed by atoms with Gasteiger partial charge in [-0.2, -0.15) is 0 Å². The van der Waals surface area contributed by atoms with E-state index in [1.165, 1.54) is 11.8 Å². The van der Waals surface area contributed by atoms with E-state index >= 15 is 0 Å². The fourth-order valence-electron chi connectivity index (χ4n) is 3.79. The van der Waals surface area contributed by atoms with Gasteiger partial charge in [-0.25, -0.2) is 8.42 Å². The van der Waals surface area contributed by atoms with Crippen molar-refractivity contribution in [2.24, 2.45) is 4.99 Å². The van der Waals surface area contributed by atoms with E-state index in [0.29, 0.717) is 24.5 Å². The number of carbonyl (C=O) groups excluding carboxylic acids is 1. The van der Waals surface area contributed by atoms with Gasteiger partial charge in [0.1, 0.15) is 17.8 Å². The topological polar surface area (TPSA) is 85.3 Å². The van der Waals surface area contributed by atoms with Crippen LogP contribution in [0.3, 0.4) is 0 Å². The normalized spacial score (nSPS) is 21.3. The zero-order chi connectivity index (χ0) is 22.0. The number of carbonyl (C=O) groups is 1. The van der Waals surface area contributed by atoms with Crippen molar-refractivity contribution in [3.63, 3.8) is 0 Å². The molecule has 0 saturated carbocycles. The fourth-order valence-corrected chi connectivity index (χ4v) is 7.58. The van der Waals surface area contributed by atoms with Gasteiger partial charge in [0.25, 0.3) is 0 Å². The molecule has 1 fully saturated rings. The summed E-state index contributed by atoms with van der Waals surface area (Å²) >= 11 is 1.50. The summed E-state index contributed by atoms with van der Waals surface area (Å²) in [5.41, 5.74) is 2.30. The number of hydrogen-bond acceptors (Lipinski definition) is 8. The Morgan fingerprint density at radius 1 is 1.19 bits per heavy atom. The van der Waals surface area contributed by atoms with Crippen LogP contribution in [0, 0.1) is 0 Å². The molecule has 4 rings (SSSR count). The first-order chi connectivity index (χ1) is 14.9. The van der Waals surface area contributed by atoms with Crippen molar-refractivity contribution in [2.45, 2.75) is 24.8 Å². The molecule has 2 aliphatic rings. The second-order valence-corrected chi connectivity index (χ2v) is 10.8. The lowest BCUT2D eigenvalue weighted by atomic mass is 10.1. The lowest BCUT2D eigenvalue weighted by Gasteiger charge is -2.26. The smallest absolute Gasteiger partial charge is 0.164 e. The highest BCUT2D eigenvalue weighted by Gasteiger charge is 2.44. The minimum absolute atomic E-state index is 0.0617. The van der Waals surface area contributed by atoms with Gasteiger partial charge in [0, 0.05) is 22.1 Å². The third kappa shape index (κ3) is 4.72. The number of benzene rings is 2. The highest BCUT2D eigenvalue weighted by atomic mass is 32.2. The summed E-state index contributed by atoms with van der Waals surface area (Å²) in [6.45, 7) is 2.94. The minimum atomic E-state index is -3.03. The number of ether oxygens (including phenoxy) is 2. The average Bonchev–Trinajstić information content (AvgIpc) is 3.26. The van der Waals surface area contributed by atoms with Crippen LogP contribution in [-0.4, -0.2) is 56.4 Å². The van der Waals surface area contributed by atoms with Crippen molar-refractivity contribution in [1.82, 2.24) is 0 Å². The summed E-state index contributed by atoms with van der Waals surface area (Å²) in [7, 11) is -1.44. The summed E-state index contributed by atoms with van der Waals surface area (Å²) in [4.78, 5) is 18.1. The van der Waals surface area contributed by atoms with Crippen molar-refractivity contribution in [2.75, 3.05) is 30.1 Å².